The van der Waals surface area contributed by atoms with Gasteiger partial charge in [0.15, 0.2) is 0 Å². The van der Waals surface area contributed by atoms with E-state index in [0.29, 0.717) is 0 Å². The molecule has 1 heteroatoms. The molecule has 6 aliphatic rings. The summed E-state index contributed by atoms with van der Waals surface area (Å²) >= 11 is 0. The summed E-state index contributed by atoms with van der Waals surface area (Å²) in [5.74, 6) is 1.79. The van der Waals surface area contributed by atoms with Crippen molar-refractivity contribution in [2.45, 2.75) is 30.6 Å². The van der Waals surface area contributed by atoms with Crippen molar-refractivity contribution < 1.29 is 4.42 Å². The van der Waals surface area contributed by atoms with Crippen LogP contribution in [0.3, 0.4) is 0 Å². The summed E-state index contributed by atoms with van der Waals surface area (Å²) < 4.78 is 7.20. The predicted molar refractivity (Wildman–Crippen MR) is 287 cm³/mol. The molecule has 18 rings (SSSR count). The summed E-state index contributed by atoms with van der Waals surface area (Å²) in [5.41, 5.74) is 27.7. The Labute approximate surface area is 407 Å². The highest BCUT2D eigenvalue weighted by molar-refractivity contribution is 6.22. The first-order chi connectivity index (χ1) is 34.7. The number of hydrogen-bond donors (Lipinski definition) is 0. The van der Waals surface area contributed by atoms with Gasteiger partial charge >= 0.3 is 0 Å². The fraction of sp³-hybridized carbons (Fsp3) is 0.0725. The number of furan rings is 1. The third kappa shape index (κ3) is 5.16. The van der Waals surface area contributed by atoms with Crippen LogP contribution in [0.1, 0.15) is 96.0 Å². The summed E-state index contributed by atoms with van der Waals surface area (Å²) in [6, 6.07) is 84.9. The van der Waals surface area contributed by atoms with Crippen molar-refractivity contribution in [1.82, 2.24) is 0 Å². The molecule has 0 atom stereocenters. The molecule has 0 aliphatic heterocycles. The number of hydrogen-bond acceptors (Lipinski definition) is 1. The van der Waals surface area contributed by atoms with Gasteiger partial charge in [-0.15, -0.1) is 0 Å². The van der Waals surface area contributed by atoms with Gasteiger partial charge in [0.05, 0.1) is 0 Å². The van der Waals surface area contributed by atoms with Crippen LogP contribution in [0.25, 0.3) is 77.2 Å². The largest absolute Gasteiger partial charge is 0.455 e. The van der Waals surface area contributed by atoms with Crippen LogP contribution in [-0.4, -0.2) is 0 Å². The number of fused-ring (bicyclic) bond motifs is 3. The van der Waals surface area contributed by atoms with Gasteiger partial charge in [0, 0.05) is 40.2 Å². The van der Waals surface area contributed by atoms with Crippen LogP contribution in [-0.2, 0) is 0 Å². The zero-order valence-corrected chi connectivity index (χ0v) is 38.6. The van der Waals surface area contributed by atoms with Gasteiger partial charge in [-0.3, -0.25) is 0 Å². The van der Waals surface area contributed by atoms with E-state index in [9.17, 15) is 0 Å². The molecule has 0 fully saturated rings. The number of benzene rings is 11. The molecule has 0 saturated carbocycles. The van der Waals surface area contributed by atoms with Crippen molar-refractivity contribution in [2.24, 2.45) is 0 Å². The molecule has 1 aromatic heterocycles. The van der Waals surface area contributed by atoms with Gasteiger partial charge in [0.25, 0.3) is 0 Å². The second-order valence-electron chi connectivity index (χ2n) is 20.2. The molecule has 12 aromatic rings. The Bertz CT molecular complexity index is 4070. The molecule has 1 heterocycles. The summed E-state index contributed by atoms with van der Waals surface area (Å²) in [5, 5.41) is 6.11. The highest BCUT2D eigenvalue weighted by Crippen LogP contribution is 2.59. The van der Waals surface area contributed by atoms with E-state index in [1.165, 1.54) is 116 Å². The van der Waals surface area contributed by atoms with Crippen molar-refractivity contribution in [2.75, 3.05) is 0 Å². The van der Waals surface area contributed by atoms with Crippen molar-refractivity contribution in [3.05, 3.63) is 297 Å². The van der Waals surface area contributed by atoms with Crippen LogP contribution >= 0.6 is 0 Å². The Kier molecular flexibility index (Phi) is 7.83. The van der Waals surface area contributed by atoms with E-state index in [0.717, 1.165) is 33.4 Å². The molecule has 0 N–H and O–H groups in total. The first kappa shape index (κ1) is 38.4. The first-order valence-corrected chi connectivity index (χ1v) is 24.9. The monoisotopic (exact) mass is 888 g/mol. The Morgan fingerprint density at radius 3 is 0.986 bits per heavy atom. The summed E-state index contributed by atoms with van der Waals surface area (Å²) in [6.45, 7) is 2.15. The molecule has 0 spiro atoms. The minimum atomic E-state index is 0.189. The Hall–Kier alpha value is -8.52. The van der Waals surface area contributed by atoms with Gasteiger partial charge in [-0.1, -0.05) is 206 Å². The van der Waals surface area contributed by atoms with E-state index in [2.05, 4.69) is 231 Å². The lowest BCUT2D eigenvalue weighted by Crippen LogP contribution is -2.27. The lowest BCUT2D eigenvalue weighted by atomic mass is 9.61. The lowest BCUT2D eigenvalue weighted by Gasteiger charge is -2.42. The maximum Gasteiger partial charge on any atom is 0.143 e. The van der Waals surface area contributed by atoms with Crippen molar-refractivity contribution >= 4 is 32.5 Å². The maximum absolute atomic E-state index is 7.20. The van der Waals surface area contributed by atoms with Gasteiger partial charge in [-0.25, -0.2) is 0 Å². The third-order valence-electron chi connectivity index (χ3n) is 16.7. The zero-order valence-electron chi connectivity index (χ0n) is 38.6. The summed E-state index contributed by atoms with van der Waals surface area (Å²) in [4.78, 5) is 0. The highest BCUT2D eigenvalue weighted by Gasteiger charge is 2.43. The molecular formula is C69H44O. The molecule has 326 valence electrons. The normalized spacial score (nSPS) is 17.5. The van der Waals surface area contributed by atoms with Gasteiger partial charge in [-0.2, -0.15) is 0 Å². The van der Waals surface area contributed by atoms with Gasteiger partial charge in [-0.05, 0) is 147 Å². The van der Waals surface area contributed by atoms with Gasteiger partial charge in [0.2, 0.25) is 0 Å². The number of aryl methyl sites for hydroxylation is 1. The SMILES string of the molecule is Cc1ccc(-c2oc3cc(-c4c5ccccc5c(-c5ccc6c(c5)C5c7ccccc7C6c6ccccc65)c5ccccc45)ccc3c2-c2ccc3c(c2)C2c4ccccc4C3c3ccccc32)cc1. The van der Waals surface area contributed by atoms with E-state index >= 15 is 0 Å². The molecular weight excluding hydrogens is 845 g/mol. The summed E-state index contributed by atoms with van der Waals surface area (Å²) in [7, 11) is 0. The standard InChI is InChI=1S/C69H44O/c1-39-26-28-40(29-27-39)69-64(42-31-34-57-60(37-42)68-54-24-12-8-20-50(54)66(57)51-21-9-13-25-55(51)68)58-35-32-43(38-61(58)70-69)63-46-16-4-2-14-44(46)62(45-15-3-5-17-47(45)63)41-30-33-56-59(36-41)67-52-22-10-6-18-48(52)65(56)49-19-7-11-23-53(49)67/h2-38,65-68H,1H3. The molecule has 11 aromatic carbocycles. The first-order valence-electron chi connectivity index (χ1n) is 24.9. The third-order valence-corrected chi connectivity index (χ3v) is 16.7. The maximum atomic E-state index is 7.20. The van der Waals surface area contributed by atoms with Crippen molar-refractivity contribution in [3.63, 3.8) is 0 Å². The van der Waals surface area contributed by atoms with E-state index < -0.39 is 0 Å². The topological polar surface area (TPSA) is 13.1 Å². The molecule has 0 radical (unpaired) electrons. The molecule has 0 amide bonds. The minimum Gasteiger partial charge on any atom is -0.455 e. The number of rotatable bonds is 4. The highest BCUT2D eigenvalue weighted by atomic mass is 16.3. The minimum absolute atomic E-state index is 0.189. The molecule has 6 aliphatic carbocycles. The average Bonchev–Trinajstić information content (AvgIpc) is 3.81. The quantitative estimate of drug-likeness (QED) is 0.161. The zero-order chi connectivity index (χ0) is 45.8. The Morgan fingerprint density at radius 2 is 0.571 bits per heavy atom. The van der Waals surface area contributed by atoms with Crippen LogP contribution in [0.2, 0.25) is 0 Å². The Balaban J connectivity index is 0.877. The molecule has 70 heavy (non-hydrogen) atoms. The van der Waals surface area contributed by atoms with Crippen molar-refractivity contribution in [3.8, 4) is 44.7 Å². The van der Waals surface area contributed by atoms with E-state index in [1.807, 2.05) is 0 Å². The second kappa shape index (κ2) is 14.3. The van der Waals surface area contributed by atoms with Crippen LogP contribution < -0.4 is 0 Å². The summed E-state index contributed by atoms with van der Waals surface area (Å²) in [6.07, 6.45) is 0. The van der Waals surface area contributed by atoms with E-state index in [-0.39, 0.29) is 23.7 Å². The van der Waals surface area contributed by atoms with Crippen LogP contribution in [0.4, 0.5) is 0 Å². The Morgan fingerprint density at radius 1 is 0.257 bits per heavy atom. The van der Waals surface area contributed by atoms with Crippen molar-refractivity contribution in [1.29, 1.82) is 0 Å². The van der Waals surface area contributed by atoms with Gasteiger partial charge < -0.3 is 4.42 Å². The second-order valence-corrected chi connectivity index (χ2v) is 20.2. The predicted octanol–water partition coefficient (Wildman–Crippen LogP) is 17.7. The fourth-order valence-electron chi connectivity index (χ4n) is 13.8. The van der Waals surface area contributed by atoms with E-state index in [1.54, 1.807) is 0 Å². The smallest absolute Gasteiger partial charge is 0.143 e. The molecule has 0 saturated heterocycles. The van der Waals surface area contributed by atoms with Crippen LogP contribution in [0.15, 0.2) is 229 Å². The van der Waals surface area contributed by atoms with E-state index in [4.69, 9.17) is 4.42 Å². The molecule has 1 nitrogen and oxygen atoms in total. The van der Waals surface area contributed by atoms with Crippen LogP contribution in [0, 0.1) is 6.92 Å². The van der Waals surface area contributed by atoms with Crippen LogP contribution in [0.5, 0.6) is 0 Å². The average molecular weight is 889 g/mol. The molecule has 4 bridgehead atoms. The van der Waals surface area contributed by atoms with Gasteiger partial charge in [0.1, 0.15) is 11.3 Å². The fourth-order valence-corrected chi connectivity index (χ4v) is 13.8. The lowest BCUT2D eigenvalue weighted by molar-refractivity contribution is 0.632. The molecule has 0 unspecified atom stereocenters.